The molecule has 1 N–H and O–H groups in total. The molecule has 6 nitrogen and oxygen atoms in total. The summed E-state index contributed by atoms with van der Waals surface area (Å²) in [7, 11) is -4.05. The highest BCUT2D eigenvalue weighted by atomic mass is 35.5. The molecule has 0 unspecified atom stereocenters. The smallest absolute Gasteiger partial charge is 0.265 e. The van der Waals surface area contributed by atoms with Crippen LogP contribution >= 0.6 is 11.6 Å². The van der Waals surface area contributed by atoms with Gasteiger partial charge in [-0.05, 0) is 59.7 Å². The number of nitrogens with one attached hydrogen (secondary N) is 1. The van der Waals surface area contributed by atoms with Crippen LogP contribution in [0.1, 0.15) is 21.7 Å². The van der Waals surface area contributed by atoms with Crippen LogP contribution in [0.2, 0.25) is 5.02 Å². The Bertz CT molecular complexity index is 1680. The van der Waals surface area contributed by atoms with Crippen LogP contribution in [0, 0.1) is 6.92 Å². The number of hydrogen-bond donors (Lipinski definition) is 1. The normalized spacial score (nSPS) is 11.7. The summed E-state index contributed by atoms with van der Waals surface area (Å²) in [4.78, 5) is 17.5. The lowest BCUT2D eigenvalue weighted by Crippen LogP contribution is -2.30. The molecule has 5 aromatic rings. The van der Waals surface area contributed by atoms with Gasteiger partial charge in [0, 0.05) is 10.6 Å². The average Bonchev–Trinajstić information content (AvgIpc) is 3.14. The Morgan fingerprint density at radius 1 is 0.941 bits per heavy atom. The van der Waals surface area contributed by atoms with Gasteiger partial charge in [-0.1, -0.05) is 60.1 Å². The fourth-order valence-electron chi connectivity index (χ4n) is 3.96. The molecule has 0 radical (unpaired) electrons. The van der Waals surface area contributed by atoms with Crippen LogP contribution in [0.4, 0.5) is 0 Å². The Morgan fingerprint density at radius 3 is 2.47 bits per heavy atom. The zero-order chi connectivity index (χ0) is 23.9. The second-order valence-corrected chi connectivity index (χ2v) is 10.1. The van der Waals surface area contributed by atoms with E-state index in [2.05, 4.69) is 9.71 Å². The molecule has 1 heterocycles. The van der Waals surface area contributed by atoms with Crippen molar-refractivity contribution in [2.45, 2.75) is 18.4 Å². The number of imidazole rings is 1. The van der Waals surface area contributed by atoms with Gasteiger partial charge in [0.15, 0.2) is 0 Å². The fraction of sp³-hybridized carbons (Fsp3) is 0.0769. The Hall–Kier alpha value is -3.68. The Labute approximate surface area is 201 Å². The summed E-state index contributed by atoms with van der Waals surface area (Å²) in [5, 5.41) is 2.33. The lowest BCUT2D eigenvalue weighted by atomic mass is 10.1. The maximum atomic E-state index is 12.9. The molecule has 0 bridgehead atoms. The quantitative estimate of drug-likeness (QED) is 0.362. The predicted octanol–water partition coefficient (Wildman–Crippen LogP) is 5.32. The van der Waals surface area contributed by atoms with E-state index in [-0.39, 0.29) is 10.5 Å². The highest BCUT2D eigenvalue weighted by molar-refractivity contribution is 7.90. The van der Waals surface area contributed by atoms with Crippen LogP contribution in [-0.4, -0.2) is 23.9 Å². The van der Waals surface area contributed by atoms with E-state index in [1.165, 1.54) is 6.07 Å². The van der Waals surface area contributed by atoms with Crippen LogP contribution < -0.4 is 4.72 Å². The maximum Gasteiger partial charge on any atom is 0.265 e. The number of carbonyl (C=O) groups is 1. The molecule has 0 saturated carbocycles. The molecule has 170 valence electrons. The molecule has 0 saturated heterocycles. The number of amides is 1. The maximum absolute atomic E-state index is 12.9. The Balaban J connectivity index is 1.46. The van der Waals surface area contributed by atoms with Crippen LogP contribution in [0.3, 0.4) is 0 Å². The number of sulfonamides is 1. The van der Waals surface area contributed by atoms with E-state index in [1.54, 1.807) is 30.3 Å². The van der Waals surface area contributed by atoms with E-state index < -0.39 is 15.9 Å². The summed E-state index contributed by atoms with van der Waals surface area (Å²) in [6.45, 7) is 2.35. The summed E-state index contributed by atoms with van der Waals surface area (Å²) >= 11 is 6.33. The Kier molecular flexibility index (Phi) is 5.59. The minimum atomic E-state index is -4.05. The van der Waals surface area contributed by atoms with Gasteiger partial charge in [0.05, 0.1) is 22.5 Å². The lowest BCUT2D eigenvalue weighted by molar-refractivity contribution is 0.0981. The van der Waals surface area contributed by atoms with Crippen molar-refractivity contribution in [3.05, 3.63) is 107 Å². The molecule has 1 aromatic heterocycles. The fourth-order valence-corrected chi connectivity index (χ4v) is 5.16. The first-order valence-corrected chi connectivity index (χ1v) is 12.4. The first-order chi connectivity index (χ1) is 16.3. The van der Waals surface area contributed by atoms with Crippen LogP contribution in [-0.2, 0) is 16.6 Å². The highest BCUT2D eigenvalue weighted by Gasteiger charge is 2.20. The molecule has 4 aromatic carbocycles. The van der Waals surface area contributed by atoms with Gasteiger partial charge in [-0.2, -0.15) is 0 Å². The molecule has 0 aliphatic heterocycles. The molecule has 0 atom stereocenters. The van der Waals surface area contributed by atoms with Gasteiger partial charge >= 0.3 is 0 Å². The molecule has 0 aliphatic rings. The van der Waals surface area contributed by atoms with E-state index in [0.717, 1.165) is 22.2 Å². The van der Waals surface area contributed by atoms with E-state index in [4.69, 9.17) is 11.6 Å². The molecule has 1 amide bonds. The van der Waals surface area contributed by atoms with Gasteiger partial charge in [0.25, 0.3) is 15.9 Å². The number of benzene rings is 4. The SMILES string of the molecule is Cc1nc2ccc(C(=O)NS(=O)(=O)c3ccc4ccccc4c3)cc2n1Cc1ccccc1Cl. The highest BCUT2D eigenvalue weighted by Crippen LogP contribution is 2.23. The molecular weight excluding hydrogens is 470 g/mol. The molecule has 8 heteroatoms. The number of hydrogen-bond acceptors (Lipinski definition) is 4. The van der Waals surface area contributed by atoms with Gasteiger partial charge in [-0.15, -0.1) is 0 Å². The predicted molar refractivity (Wildman–Crippen MR) is 134 cm³/mol. The topological polar surface area (TPSA) is 81.1 Å². The minimum absolute atomic E-state index is 0.0280. The second kappa shape index (κ2) is 8.59. The number of aryl methyl sites for hydroxylation is 1. The van der Waals surface area contributed by atoms with Crippen molar-refractivity contribution < 1.29 is 13.2 Å². The lowest BCUT2D eigenvalue weighted by Gasteiger charge is -2.10. The van der Waals surface area contributed by atoms with Crippen LogP contribution in [0.25, 0.3) is 21.8 Å². The van der Waals surface area contributed by atoms with E-state index in [1.807, 2.05) is 60.0 Å². The summed E-state index contributed by atoms with van der Waals surface area (Å²) < 4.78 is 30.0. The van der Waals surface area contributed by atoms with Gasteiger partial charge in [-0.3, -0.25) is 4.79 Å². The summed E-state index contributed by atoms with van der Waals surface area (Å²) in [6.07, 6.45) is 0. The monoisotopic (exact) mass is 489 g/mol. The number of nitrogens with zero attached hydrogens (tertiary/aromatic N) is 2. The van der Waals surface area contributed by atoms with Gasteiger partial charge in [-0.25, -0.2) is 18.1 Å². The number of rotatable bonds is 5. The average molecular weight is 490 g/mol. The van der Waals surface area contributed by atoms with Crippen molar-refractivity contribution in [3.63, 3.8) is 0 Å². The van der Waals surface area contributed by atoms with Crippen molar-refractivity contribution >= 4 is 49.3 Å². The Morgan fingerprint density at radius 2 is 1.68 bits per heavy atom. The first-order valence-electron chi connectivity index (χ1n) is 10.6. The summed E-state index contributed by atoms with van der Waals surface area (Å²) in [5.41, 5.74) is 2.56. The van der Waals surface area contributed by atoms with Crippen molar-refractivity contribution in [2.24, 2.45) is 0 Å². The van der Waals surface area contributed by atoms with Gasteiger partial charge < -0.3 is 4.57 Å². The third-order valence-electron chi connectivity index (χ3n) is 5.75. The van der Waals surface area contributed by atoms with E-state index in [0.29, 0.717) is 22.6 Å². The molecule has 0 fully saturated rings. The first kappa shape index (κ1) is 22.1. The molecule has 5 rings (SSSR count). The van der Waals surface area contributed by atoms with Crippen molar-refractivity contribution in [2.75, 3.05) is 0 Å². The number of aromatic nitrogens is 2. The van der Waals surface area contributed by atoms with Crippen molar-refractivity contribution in [3.8, 4) is 0 Å². The largest absolute Gasteiger partial charge is 0.324 e. The summed E-state index contributed by atoms with van der Waals surface area (Å²) in [6, 6.07) is 24.7. The number of carbonyl (C=O) groups excluding carboxylic acids is 1. The summed E-state index contributed by atoms with van der Waals surface area (Å²) in [5.74, 6) is 0.0504. The third-order valence-corrected chi connectivity index (χ3v) is 7.44. The molecular formula is C26H20ClN3O3S. The van der Waals surface area contributed by atoms with E-state index in [9.17, 15) is 13.2 Å². The van der Waals surface area contributed by atoms with Crippen LogP contribution in [0.15, 0.2) is 89.8 Å². The minimum Gasteiger partial charge on any atom is -0.324 e. The number of fused-ring (bicyclic) bond motifs is 2. The van der Waals surface area contributed by atoms with Gasteiger partial charge in [0.1, 0.15) is 5.82 Å². The third kappa shape index (κ3) is 4.16. The number of halogens is 1. The van der Waals surface area contributed by atoms with Crippen LogP contribution in [0.5, 0.6) is 0 Å². The zero-order valence-corrected chi connectivity index (χ0v) is 19.8. The molecule has 0 spiro atoms. The standard InChI is InChI=1S/C26H20ClN3O3S/c1-17-28-24-13-11-20(15-25(24)30(17)16-21-8-4-5-9-23(21)27)26(31)29-34(32,33)22-12-10-18-6-2-3-7-19(18)14-22/h2-15H,16H2,1H3,(H,29,31). The van der Waals surface area contributed by atoms with Crippen molar-refractivity contribution in [1.29, 1.82) is 0 Å². The van der Waals surface area contributed by atoms with E-state index >= 15 is 0 Å². The molecule has 0 aliphatic carbocycles. The van der Waals surface area contributed by atoms with Gasteiger partial charge in [0.2, 0.25) is 0 Å². The molecule has 34 heavy (non-hydrogen) atoms. The second-order valence-electron chi connectivity index (χ2n) is 7.98. The zero-order valence-electron chi connectivity index (χ0n) is 18.2. The van der Waals surface area contributed by atoms with Crippen molar-refractivity contribution in [1.82, 2.24) is 14.3 Å².